The van der Waals surface area contributed by atoms with Gasteiger partial charge >= 0.3 is 0 Å². The number of halogens is 1. The van der Waals surface area contributed by atoms with Crippen LogP contribution in [-0.2, 0) is 11.2 Å². The molecule has 3 rings (SSSR count). The molecule has 1 atom stereocenters. The number of carbonyl (C=O) groups is 1. The van der Waals surface area contributed by atoms with E-state index in [1.54, 1.807) is 24.4 Å². The van der Waals surface area contributed by atoms with Crippen LogP contribution in [0.4, 0.5) is 4.39 Å². The van der Waals surface area contributed by atoms with E-state index >= 15 is 0 Å². The van der Waals surface area contributed by atoms with Crippen molar-refractivity contribution in [2.45, 2.75) is 39.3 Å². The van der Waals surface area contributed by atoms with E-state index in [0.717, 1.165) is 17.0 Å². The predicted molar refractivity (Wildman–Crippen MR) is 94.6 cm³/mol. The lowest BCUT2D eigenvalue weighted by molar-refractivity contribution is -0.121. The summed E-state index contributed by atoms with van der Waals surface area (Å²) in [4.78, 5) is 21.3. The van der Waals surface area contributed by atoms with Gasteiger partial charge in [-0.1, -0.05) is 18.2 Å². The number of pyridine rings is 1. The SMILES string of the molecule is CC(C)n1c([C@H](C)NC(=O)Cc2ccccc2F)nc2cccnc21. The zero-order chi connectivity index (χ0) is 18.0. The molecule has 0 aliphatic carbocycles. The summed E-state index contributed by atoms with van der Waals surface area (Å²) in [6.07, 6.45) is 1.73. The Hall–Kier alpha value is -2.76. The number of nitrogens with zero attached hydrogens (tertiary/aromatic N) is 3. The number of hydrogen-bond acceptors (Lipinski definition) is 3. The van der Waals surface area contributed by atoms with Gasteiger partial charge in [-0.3, -0.25) is 4.79 Å². The molecule has 0 aliphatic rings. The average molecular weight is 340 g/mol. The zero-order valence-electron chi connectivity index (χ0n) is 14.5. The van der Waals surface area contributed by atoms with Gasteiger partial charge in [-0.2, -0.15) is 0 Å². The predicted octanol–water partition coefficient (Wildman–Crippen LogP) is 3.57. The van der Waals surface area contributed by atoms with Gasteiger partial charge < -0.3 is 9.88 Å². The van der Waals surface area contributed by atoms with Crippen LogP contribution in [0.3, 0.4) is 0 Å². The molecule has 2 aromatic heterocycles. The van der Waals surface area contributed by atoms with Crippen LogP contribution in [0.5, 0.6) is 0 Å². The van der Waals surface area contributed by atoms with Gasteiger partial charge in [-0.05, 0) is 44.5 Å². The first-order valence-corrected chi connectivity index (χ1v) is 8.33. The molecule has 0 saturated heterocycles. The highest BCUT2D eigenvalue weighted by Gasteiger charge is 2.21. The highest BCUT2D eigenvalue weighted by Crippen LogP contribution is 2.23. The highest BCUT2D eigenvalue weighted by atomic mass is 19.1. The van der Waals surface area contributed by atoms with E-state index < -0.39 is 0 Å². The molecule has 1 N–H and O–H groups in total. The van der Waals surface area contributed by atoms with Gasteiger partial charge in [0.2, 0.25) is 5.91 Å². The van der Waals surface area contributed by atoms with Crippen LogP contribution in [0.2, 0.25) is 0 Å². The third-order valence-corrected chi connectivity index (χ3v) is 4.07. The Labute approximate surface area is 145 Å². The average Bonchev–Trinajstić information content (AvgIpc) is 2.96. The lowest BCUT2D eigenvalue weighted by atomic mass is 10.1. The smallest absolute Gasteiger partial charge is 0.225 e. The minimum Gasteiger partial charge on any atom is -0.346 e. The van der Waals surface area contributed by atoms with Crippen LogP contribution in [0, 0.1) is 5.82 Å². The molecule has 0 saturated carbocycles. The largest absolute Gasteiger partial charge is 0.346 e. The summed E-state index contributed by atoms with van der Waals surface area (Å²) < 4.78 is 15.7. The fraction of sp³-hybridized carbons (Fsp3) is 0.316. The monoisotopic (exact) mass is 340 g/mol. The van der Waals surface area contributed by atoms with Crippen molar-refractivity contribution in [3.8, 4) is 0 Å². The van der Waals surface area contributed by atoms with Crippen molar-refractivity contribution in [1.82, 2.24) is 19.9 Å². The van der Waals surface area contributed by atoms with E-state index in [1.165, 1.54) is 6.07 Å². The third kappa shape index (κ3) is 3.52. The van der Waals surface area contributed by atoms with Crippen LogP contribution < -0.4 is 5.32 Å². The van der Waals surface area contributed by atoms with E-state index in [0.29, 0.717) is 5.56 Å². The van der Waals surface area contributed by atoms with Crippen LogP contribution in [0.25, 0.3) is 11.2 Å². The van der Waals surface area contributed by atoms with E-state index in [-0.39, 0.29) is 30.2 Å². The lowest BCUT2D eigenvalue weighted by Crippen LogP contribution is -2.30. The molecule has 0 aliphatic heterocycles. The quantitative estimate of drug-likeness (QED) is 0.772. The number of hydrogen-bond donors (Lipinski definition) is 1. The Balaban J connectivity index is 1.82. The molecule has 0 fully saturated rings. The van der Waals surface area contributed by atoms with Crippen molar-refractivity contribution in [3.05, 3.63) is 59.8 Å². The number of fused-ring (bicyclic) bond motifs is 1. The first kappa shape index (κ1) is 17.1. The molecule has 2 heterocycles. The standard InChI is InChI=1S/C19H21FN4O/c1-12(2)24-18(23-16-9-6-10-21-19(16)24)13(3)22-17(25)11-14-7-4-5-8-15(14)20/h4-10,12-13H,11H2,1-3H3,(H,22,25)/t13-/m0/s1. The fourth-order valence-electron chi connectivity index (χ4n) is 2.93. The summed E-state index contributed by atoms with van der Waals surface area (Å²) in [6, 6.07) is 9.89. The van der Waals surface area contributed by atoms with Crippen LogP contribution in [0.1, 0.15) is 44.2 Å². The van der Waals surface area contributed by atoms with E-state index in [1.807, 2.05) is 37.5 Å². The van der Waals surface area contributed by atoms with Crippen LogP contribution >= 0.6 is 0 Å². The van der Waals surface area contributed by atoms with E-state index in [2.05, 4.69) is 15.3 Å². The van der Waals surface area contributed by atoms with Gasteiger partial charge in [-0.15, -0.1) is 0 Å². The van der Waals surface area contributed by atoms with E-state index in [4.69, 9.17) is 0 Å². The maximum atomic E-state index is 13.7. The van der Waals surface area contributed by atoms with Gasteiger partial charge in [0.1, 0.15) is 17.2 Å². The van der Waals surface area contributed by atoms with Gasteiger partial charge in [0.05, 0.1) is 12.5 Å². The molecule has 3 aromatic rings. The summed E-state index contributed by atoms with van der Waals surface area (Å²) >= 11 is 0. The van der Waals surface area contributed by atoms with E-state index in [9.17, 15) is 9.18 Å². The molecule has 0 unspecified atom stereocenters. The Morgan fingerprint density at radius 2 is 1.96 bits per heavy atom. The molecule has 1 amide bonds. The number of aromatic nitrogens is 3. The fourth-order valence-corrected chi connectivity index (χ4v) is 2.93. The first-order chi connectivity index (χ1) is 12.0. The Morgan fingerprint density at radius 1 is 1.20 bits per heavy atom. The molecule has 5 nitrogen and oxygen atoms in total. The number of benzene rings is 1. The number of amides is 1. The molecule has 0 bridgehead atoms. The van der Waals surface area contributed by atoms with Crippen molar-refractivity contribution < 1.29 is 9.18 Å². The summed E-state index contributed by atoms with van der Waals surface area (Å²) in [5, 5.41) is 2.91. The van der Waals surface area contributed by atoms with Crippen molar-refractivity contribution in [3.63, 3.8) is 0 Å². The number of rotatable bonds is 5. The lowest BCUT2D eigenvalue weighted by Gasteiger charge is -2.18. The zero-order valence-corrected chi connectivity index (χ0v) is 14.5. The summed E-state index contributed by atoms with van der Waals surface area (Å²) in [6.45, 7) is 5.97. The highest BCUT2D eigenvalue weighted by molar-refractivity contribution is 5.79. The van der Waals surface area contributed by atoms with Gasteiger partial charge in [-0.25, -0.2) is 14.4 Å². The second kappa shape index (κ2) is 7.01. The second-order valence-corrected chi connectivity index (χ2v) is 6.34. The third-order valence-electron chi connectivity index (χ3n) is 4.07. The molecule has 0 spiro atoms. The number of nitrogens with one attached hydrogen (secondary N) is 1. The molecule has 1 aromatic carbocycles. The number of imidazole rings is 1. The maximum absolute atomic E-state index is 13.7. The summed E-state index contributed by atoms with van der Waals surface area (Å²) in [7, 11) is 0. The van der Waals surface area contributed by atoms with Crippen LogP contribution in [0.15, 0.2) is 42.6 Å². The van der Waals surface area contributed by atoms with Gasteiger partial charge in [0.25, 0.3) is 0 Å². The minimum atomic E-state index is -0.371. The molecular formula is C19H21FN4O. The van der Waals surface area contributed by atoms with Gasteiger partial charge in [0.15, 0.2) is 5.65 Å². The molecule has 130 valence electrons. The number of carbonyl (C=O) groups excluding carboxylic acids is 1. The minimum absolute atomic E-state index is 0.00281. The van der Waals surface area contributed by atoms with Crippen molar-refractivity contribution in [2.75, 3.05) is 0 Å². The first-order valence-electron chi connectivity index (χ1n) is 8.33. The van der Waals surface area contributed by atoms with Crippen molar-refractivity contribution >= 4 is 17.1 Å². The topological polar surface area (TPSA) is 59.8 Å². The molecule has 6 heteroatoms. The van der Waals surface area contributed by atoms with Gasteiger partial charge in [0, 0.05) is 12.2 Å². The van der Waals surface area contributed by atoms with Crippen LogP contribution in [-0.4, -0.2) is 20.4 Å². The van der Waals surface area contributed by atoms with Crippen molar-refractivity contribution in [2.24, 2.45) is 0 Å². The Kier molecular flexibility index (Phi) is 4.79. The second-order valence-electron chi connectivity index (χ2n) is 6.34. The summed E-state index contributed by atoms with van der Waals surface area (Å²) in [5.41, 5.74) is 1.97. The molecular weight excluding hydrogens is 319 g/mol. The Morgan fingerprint density at radius 3 is 2.68 bits per heavy atom. The molecule has 0 radical (unpaired) electrons. The molecule has 25 heavy (non-hydrogen) atoms. The maximum Gasteiger partial charge on any atom is 0.225 e. The normalized spacial score (nSPS) is 12.5. The summed E-state index contributed by atoms with van der Waals surface area (Å²) in [5.74, 6) is 0.127. The Bertz CT molecular complexity index is 903. The van der Waals surface area contributed by atoms with Crippen molar-refractivity contribution in [1.29, 1.82) is 0 Å².